The van der Waals surface area contributed by atoms with E-state index in [4.69, 9.17) is 0 Å². The van der Waals surface area contributed by atoms with Crippen LogP contribution in [0.5, 0.6) is 0 Å². The Morgan fingerprint density at radius 3 is 2.30 bits per heavy atom. The first-order valence-electron chi connectivity index (χ1n) is 13.7. The molecule has 0 heterocycles. The van der Waals surface area contributed by atoms with Gasteiger partial charge in [-0.3, -0.25) is 4.79 Å². The molecule has 0 bridgehead atoms. The van der Waals surface area contributed by atoms with Crippen LogP contribution in [0, 0.1) is 45.3 Å². The normalized spacial score (nSPS) is 48.3. The maximum absolute atomic E-state index is 12.9. The van der Waals surface area contributed by atoms with Crippen LogP contribution < -0.4 is 0 Å². The van der Waals surface area contributed by atoms with Crippen LogP contribution in [0.3, 0.4) is 0 Å². The predicted molar refractivity (Wildman–Crippen MR) is 135 cm³/mol. The summed E-state index contributed by atoms with van der Waals surface area (Å²) in [6.07, 6.45) is 10.4. The average Bonchev–Trinajstić information content (AvgIpc) is 3.08. The molecule has 33 heavy (non-hydrogen) atoms. The molecule has 4 fully saturated rings. The van der Waals surface area contributed by atoms with Crippen molar-refractivity contribution in [3.63, 3.8) is 0 Å². The van der Waals surface area contributed by atoms with E-state index in [1.54, 1.807) is 0 Å². The summed E-state index contributed by atoms with van der Waals surface area (Å²) in [6, 6.07) is 0. The topological polar surface area (TPSA) is 57.5 Å². The summed E-state index contributed by atoms with van der Waals surface area (Å²) in [5.74, 6) is 1.57. The molecule has 188 valence electrons. The molecule has 3 heteroatoms. The number of Topliss-reactive ketones (excluding diaryl/α,β-unsaturated/α-hetero) is 1. The molecule has 0 amide bonds. The number of aliphatic hydroxyl groups excluding tert-OH is 1. The van der Waals surface area contributed by atoms with Gasteiger partial charge in [0.05, 0.1) is 11.7 Å². The van der Waals surface area contributed by atoms with E-state index in [0.29, 0.717) is 24.0 Å². The van der Waals surface area contributed by atoms with Crippen molar-refractivity contribution in [3.8, 4) is 0 Å². The molecule has 0 aliphatic heterocycles. The number of allylic oxidation sites excluding steroid dienone is 2. The molecular formula is C30H50O3. The van der Waals surface area contributed by atoms with E-state index in [1.807, 2.05) is 6.92 Å². The summed E-state index contributed by atoms with van der Waals surface area (Å²) in [4.78, 5) is 12.9. The van der Waals surface area contributed by atoms with Gasteiger partial charge in [0.2, 0.25) is 0 Å². The van der Waals surface area contributed by atoms with Crippen LogP contribution in [-0.4, -0.2) is 27.7 Å². The Hall–Kier alpha value is -0.670. The van der Waals surface area contributed by atoms with Crippen molar-refractivity contribution in [2.45, 2.75) is 125 Å². The van der Waals surface area contributed by atoms with Gasteiger partial charge in [-0.2, -0.15) is 0 Å². The minimum atomic E-state index is -0.751. The monoisotopic (exact) mass is 458 g/mol. The third kappa shape index (κ3) is 3.53. The van der Waals surface area contributed by atoms with E-state index in [2.05, 4.69) is 54.5 Å². The van der Waals surface area contributed by atoms with Crippen molar-refractivity contribution in [2.24, 2.45) is 45.3 Å². The Bertz CT molecular complexity index is 820. The first-order chi connectivity index (χ1) is 15.1. The van der Waals surface area contributed by atoms with Gasteiger partial charge >= 0.3 is 0 Å². The van der Waals surface area contributed by atoms with Gasteiger partial charge < -0.3 is 10.2 Å². The standard InChI is InChI=1S/C30H50O3/c1-19(2)10-9-14-30(8,33)20-11-16-29(7)25(20)21(31)18-23-27(5)15-13-24(32)26(3,4)22(27)12-17-28(23,29)6/h10,20-23,25,31,33H,9,11-18H2,1-8H3. The van der Waals surface area contributed by atoms with E-state index in [-0.39, 0.29) is 39.6 Å². The molecule has 2 N–H and O–H groups in total. The van der Waals surface area contributed by atoms with Gasteiger partial charge in [0.1, 0.15) is 5.78 Å². The van der Waals surface area contributed by atoms with Crippen LogP contribution in [0.15, 0.2) is 11.6 Å². The fraction of sp³-hybridized carbons (Fsp3) is 0.900. The van der Waals surface area contributed by atoms with Gasteiger partial charge in [-0.15, -0.1) is 0 Å². The lowest BCUT2D eigenvalue weighted by Gasteiger charge is -2.69. The number of aliphatic hydroxyl groups is 2. The number of rotatable bonds is 4. The smallest absolute Gasteiger partial charge is 0.138 e. The second kappa shape index (κ2) is 7.92. The lowest BCUT2D eigenvalue weighted by atomic mass is 9.35. The lowest BCUT2D eigenvalue weighted by molar-refractivity contribution is -0.232. The summed E-state index contributed by atoms with van der Waals surface area (Å²) >= 11 is 0. The Morgan fingerprint density at radius 2 is 1.67 bits per heavy atom. The summed E-state index contributed by atoms with van der Waals surface area (Å²) in [5.41, 5.74) is 0.560. The van der Waals surface area contributed by atoms with Gasteiger partial charge in [-0.05, 0) is 112 Å². The summed E-state index contributed by atoms with van der Waals surface area (Å²) < 4.78 is 0. The van der Waals surface area contributed by atoms with Crippen LogP contribution >= 0.6 is 0 Å². The molecule has 9 atom stereocenters. The second-order valence-electron chi connectivity index (χ2n) is 14.3. The van der Waals surface area contributed by atoms with Crippen molar-refractivity contribution in [1.82, 2.24) is 0 Å². The summed E-state index contributed by atoms with van der Waals surface area (Å²) in [6.45, 7) is 18.0. The number of carbonyl (C=O) groups is 1. The molecule has 4 aliphatic rings. The van der Waals surface area contributed by atoms with Crippen LogP contribution in [0.1, 0.15) is 113 Å². The van der Waals surface area contributed by atoms with Crippen molar-refractivity contribution >= 4 is 5.78 Å². The highest BCUT2D eigenvalue weighted by atomic mass is 16.3. The van der Waals surface area contributed by atoms with Crippen molar-refractivity contribution < 1.29 is 15.0 Å². The number of fused-ring (bicyclic) bond motifs is 5. The molecule has 0 aromatic rings. The largest absolute Gasteiger partial charge is 0.393 e. The van der Waals surface area contributed by atoms with Gasteiger partial charge in [0.25, 0.3) is 0 Å². The third-order valence-electron chi connectivity index (χ3n) is 12.1. The quantitative estimate of drug-likeness (QED) is 0.460. The molecule has 0 aromatic heterocycles. The highest BCUT2D eigenvalue weighted by Crippen LogP contribution is 2.75. The zero-order valence-electron chi connectivity index (χ0n) is 22.6. The van der Waals surface area contributed by atoms with Gasteiger partial charge in [0.15, 0.2) is 0 Å². The second-order valence-corrected chi connectivity index (χ2v) is 14.3. The predicted octanol–water partition coefficient (Wildman–Crippen LogP) is 6.71. The highest BCUT2D eigenvalue weighted by molar-refractivity contribution is 5.85. The zero-order chi connectivity index (χ0) is 24.6. The lowest BCUT2D eigenvalue weighted by Crippen LogP contribution is -2.66. The number of hydrogen-bond donors (Lipinski definition) is 2. The fourth-order valence-corrected chi connectivity index (χ4v) is 10.1. The van der Waals surface area contributed by atoms with Gasteiger partial charge in [-0.1, -0.05) is 46.3 Å². The molecule has 4 saturated carbocycles. The summed E-state index contributed by atoms with van der Waals surface area (Å²) in [7, 11) is 0. The molecule has 3 nitrogen and oxygen atoms in total. The molecule has 0 radical (unpaired) electrons. The van der Waals surface area contributed by atoms with Crippen LogP contribution in [0.4, 0.5) is 0 Å². The minimum Gasteiger partial charge on any atom is -0.393 e. The van der Waals surface area contributed by atoms with Crippen molar-refractivity contribution in [2.75, 3.05) is 0 Å². The van der Waals surface area contributed by atoms with Gasteiger partial charge in [-0.25, -0.2) is 0 Å². The van der Waals surface area contributed by atoms with E-state index >= 15 is 0 Å². The Labute approximate surface area is 202 Å². The van der Waals surface area contributed by atoms with Gasteiger partial charge in [0, 0.05) is 11.8 Å². The SMILES string of the molecule is CC(C)=CCCC(C)(O)C1CCC2(C)C1C(O)CC1C3(C)CCC(=O)C(C)(C)C3CCC12C. The Kier molecular flexibility index (Phi) is 6.10. The molecule has 0 aromatic carbocycles. The summed E-state index contributed by atoms with van der Waals surface area (Å²) in [5, 5.41) is 23.4. The molecule has 4 aliphatic carbocycles. The maximum Gasteiger partial charge on any atom is 0.138 e. The first kappa shape index (κ1) is 25.4. The third-order valence-corrected chi connectivity index (χ3v) is 12.1. The van der Waals surface area contributed by atoms with Crippen LogP contribution in [0.25, 0.3) is 0 Å². The highest BCUT2D eigenvalue weighted by Gasteiger charge is 2.71. The van der Waals surface area contributed by atoms with E-state index in [1.165, 1.54) is 5.57 Å². The molecule has 9 unspecified atom stereocenters. The minimum absolute atomic E-state index is 0.0279. The van der Waals surface area contributed by atoms with Crippen LogP contribution in [-0.2, 0) is 4.79 Å². The Balaban J connectivity index is 1.67. The number of hydrogen-bond acceptors (Lipinski definition) is 3. The molecule has 4 rings (SSSR count). The zero-order valence-corrected chi connectivity index (χ0v) is 22.6. The molecule has 0 saturated heterocycles. The van der Waals surface area contributed by atoms with Crippen molar-refractivity contribution in [1.29, 1.82) is 0 Å². The first-order valence-corrected chi connectivity index (χ1v) is 13.7. The van der Waals surface area contributed by atoms with E-state index in [0.717, 1.165) is 51.4 Å². The van der Waals surface area contributed by atoms with Crippen molar-refractivity contribution in [3.05, 3.63) is 11.6 Å². The average molecular weight is 459 g/mol. The van der Waals surface area contributed by atoms with Crippen LogP contribution in [0.2, 0.25) is 0 Å². The maximum atomic E-state index is 12.9. The number of carbonyl (C=O) groups excluding carboxylic acids is 1. The Morgan fingerprint density at radius 1 is 1.03 bits per heavy atom. The van der Waals surface area contributed by atoms with E-state index < -0.39 is 5.60 Å². The number of ketones is 1. The molecular weight excluding hydrogens is 408 g/mol. The molecule has 0 spiro atoms. The van der Waals surface area contributed by atoms with E-state index in [9.17, 15) is 15.0 Å². The fourth-order valence-electron chi connectivity index (χ4n) is 10.1.